The highest BCUT2D eigenvalue weighted by atomic mass is 32.1. The molecule has 1 aliphatic carbocycles. The molecule has 1 saturated carbocycles. The molecule has 0 aromatic rings. The Hall–Kier alpha value is 0.310. The second-order valence-corrected chi connectivity index (χ2v) is 4.89. The molecule has 0 atom stereocenters. The maximum absolute atomic E-state index is 9.70. The van der Waals surface area contributed by atoms with Crippen LogP contribution in [0.4, 0.5) is 0 Å². The van der Waals surface area contributed by atoms with Gasteiger partial charge in [0.2, 0.25) is 0 Å². The largest absolute Gasteiger partial charge is 0.390 e. The zero-order chi connectivity index (χ0) is 8.48. The first kappa shape index (κ1) is 9.40. The molecule has 2 heteroatoms. The average Bonchev–Trinajstić information content (AvgIpc) is 1.86. The van der Waals surface area contributed by atoms with E-state index in [1.165, 1.54) is 0 Å². The Labute approximate surface area is 74.6 Å². The summed E-state index contributed by atoms with van der Waals surface area (Å²) in [5.74, 6) is 0.492. The van der Waals surface area contributed by atoms with Crippen molar-refractivity contribution >= 4 is 12.6 Å². The summed E-state index contributed by atoms with van der Waals surface area (Å²) in [6, 6.07) is 0. The van der Waals surface area contributed by atoms with Crippen LogP contribution in [0.5, 0.6) is 0 Å². The molecule has 0 amide bonds. The fraction of sp³-hybridized carbons (Fsp3) is 1.00. The van der Waals surface area contributed by atoms with Crippen molar-refractivity contribution in [1.29, 1.82) is 0 Å². The summed E-state index contributed by atoms with van der Waals surface area (Å²) in [6.07, 6.45) is 4.60. The molecule has 1 N–H and O–H groups in total. The van der Waals surface area contributed by atoms with Crippen molar-refractivity contribution in [2.75, 3.05) is 0 Å². The van der Waals surface area contributed by atoms with E-state index in [0.717, 1.165) is 25.7 Å². The molecule has 0 unspecified atom stereocenters. The van der Waals surface area contributed by atoms with Gasteiger partial charge in [-0.15, -0.1) is 0 Å². The lowest BCUT2D eigenvalue weighted by Gasteiger charge is -2.34. The molecule has 0 radical (unpaired) electrons. The number of rotatable bonds is 1. The lowest BCUT2D eigenvalue weighted by Crippen LogP contribution is -2.34. The SMILES string of the molecule is CC(C)(O)[C@H]1CC[C@@H](S)CC1. The quantitative estimate of drug-likeness (QED) is 0.584. The topological polar surface area (TPSA) is 20.2 Å². The van der Waals surface area contributed by atoms with Gasteiger partial charge in [0.1, 0.15) is 0 Å². The number of aliphatic hydroxyl groups is 1. The lowest BCUT2D eigenvalue weighted by molar-refractivity contribution is 0.00161. The van der Waals surface area contributed by atoms with Crippen molar-refractivity contribution in [1.82, 2.24) is 0 Å². The van der Waals surface area contributed by atoms with Crippen LogP contribution in [0.3, 0.4) is 0 Å². The van der Waals surface area contributed by atoms with Crippen molar-refractivity contribution in [3.05, 3.63) is 0 Å². The second-order valence-electron chi connectivity index (χ2n) is 4.16. The predicted molar refractivity (Wildman–Crippen MR) is 51.0 cm³/mol. The van der Waals surface area contributed by atoms with Crippen LogP contribution in [-0.2, 0) is 0 Å². The van der Waals surface area contributed by atoms with Gasteiger partial charge in [-0.2, -0.15) is 12.6 Å². The van der Waals surface area contributed by atoms with Crippen LogP contribution in [0.25, 0.3) is 0 Å². The van der Waals surface area contributed by atoms with E-state index < -0.39 is 5.60 Å². The first-order valence-electron chi connectivity index (χ1n) is 4.40. The Morgan fingerprint density at radius 3 is 2.00 bits per heavy atom. The van der Waals surface area contributed by atoms with Crippen molar-refractivity contribution in [2.24, 2.45) is 5.92 Å². The fourth-order valence-corrected chi connectivity index (χ4v) is 2.08. The number of thiol groups is 1. The molecular weight excluding hydrogens is 156 g/mol. The molecule has 0 aromatic heterocycles. The minimum atomic E-state index is -0.478. The molecule has 0 aromatic carbocycles. The maximum atomic E-state index is 9.70. The Balaban J connectivity index is 2.39. The lowest BCUT2D eigenvalue weighted by atomic mass is 9.79. The van der Waals surface area contributed by atoms with Crippen LogP contribution in [0.15, 0.2) is 0 Å². The van der Waals surface area contributed by atoms with Crippen LogP contribution in [-0.4, -0.2) is 16.0 Å². The molecule has 1 nitrogen and oxygen atoms in total. The highest BCUT2D eigenvalue weighted by Gasteiger charge is 2.29. The Morgan fingerprint density at radius 2 is 1.64 bits per heavy atom. The molecule has 0 bridgehead atoms. The molecule has 0 heterocycles. The molecule has 1 fully saturated rings. The first-order valence-corrected chi connectivity index (χ1v) is 4.92. The van der Waals surface area contributed by atoms with Crippen molar-refractivity contribution in [2.45, 2.75) is 50.4 Å². The summed E-state index contributed by atoms with van der Waals surface area (Å²) in [4.78, 5) is 0. The molecule has 11 heavy (non-hydrogen) atoms. The third kappa shape index (κ3) is 2.68. The molecule has 1 aliphatic rings. The highest BCUT2D eigenvalue weighted by molar-refractivity contribution is 7.80. The van der Waals surface area contributed by atoms with Crippen LogP contribution >= 0.6 is 12.6 Å². The predicted octanol–water partition coefficient (Wildman–Crippen LogP) is 2.25. The van der Waals surface area contributed by atoms with Gasteiger partial charge in [-0.3, -0.25) is 0 Å². The third-order valence-corrected chi connectivity index (χ3v) is 3.21. The minimum Gasteiger partial charge on any atom is -0.390 e. The van der Waals surface area contributed by atoms with Gasteiger partial charge in [-0.05, 0) is 45.4 Å². The number of hydrogen-bond donors (Lipinski definition) is 2. The van der Waals surface area contributed by atoms with E-state index in [1.807, 2.05) is 13.8 Å². The van der Waals surface area contributed by atoms with E-state index in [0.29, 0.717) is 11.2 Å². The fourth-order valence-electron chi connectivity index (χ4n) is 1.78. The van der Waals surface area contributed by atoms with Crippen LogP contribution in [0.1, 0.15) is 39.5 Å². The Bertz CT molecular complexity index is 120. The summed E-state index contributed by atoms with van der Waals surface area (Å²) in [5, 5.41) is 10.3. The van der Waals surface area contributed by atoms with Gasteiger partial charge >= 0.3 is 0 Å². The zero-order valence-corrected chi connectivity index (χ0v) is 8.27. The summed E-state index contributed by atoms with van der Waals surface area (Å²) in [7, 11) is 0. The van der Waals surface area contributed by atoms with Crippen LogP contribution in [0, 0.1) is 5.92 Å². The normalized spacial score (nSPS) is 33.8. The molecule has 66 valence electrons. The van der Waals surface area contributed by atoms with Gasteiger partial charge in [-0.1, -0.05) is 0 Å². The third-order valence-electron chi connectivity index (χ3n) is 2.70. The smallest absolute Gasteiger partial charge is 0.0619 e. The maximum Gasteiger partial charge on any atom is 0.0619 e. The first-order chi connectivity index (χ1) is 5.00. The number of hydrogen-bond acceptors (Lipinski definition) is 2. The molecule has 0 aliphatic heterocycles. The van der Waals surface area contributed by atoms with Crippen molar-refractivity contribution in [3.63, 3.8) is 0 Å². The molecule has 1 rings (SSSR count). The minimum absolute atomic E-state index is 0.478. The van der Waals surface area contributed by atoms with Gasteiger partial charge in [0, 0.05) is 5.25 Å². The summed E-state index contributed by atoms with van der Waals surface area (Å²) in [6.45, 7) is 3.83. The average molecular weight is 174 g/mol. The van der Waals surface area contributed by atoms with Crippen molar-refractivity contribution < 1.29 is 5.11 Å². The Kier molecular flexibility index (Phi) is 2.87. The standard InChI is InChI=1S/C9H18OS/c1-9(2,10)7-3-5-8(11)6-4-7/h7-8,10-11H,3-6H2,1-2H3/t7-,8+. The van der Waals surface area contributed by atoms with Crippen LogP contribution < -0.4 is 0 Å². The molecule has 0 spiro atoms. The zero-order valence-electron chi connectivity index (χ0n) is 7.38. The molecule has 0 saturated heterocycles. The Morgan fingerprint density at radius 1 is 1.18 bits per heavy atom. The van der Waals surface area contributed by atoms with Gasteiger partial charge < -0.3 is 5.11 Å². The van der Waals surface area contributed by atoms with Crippen molar-refractivity contribution in [3.8, 4) is 0 Å². The van der Waals surface area contributed by atoms with E-state index in [-0.39, 0.29) is 0 Å². The van der Waals surface area contributed by atoms with Gasteiger partial charge in [0.15, 0.2) is 0 Å². The summed E-state index contributed by atoms with van der Waals surface area (Å²) < 4.78 is 0. The van der Waals surface area contributed by atoms with E-state index in [2.05, 4.69) is 12.6 Å². The van der Waals surface area contributed by atoms with E-state index in [1.54, 1.807) is 0 Å². The van der Waals surface area contributed by atoms with Crippen LogP contribution in [0.2, 0.25) is 0 Å². The monoisotopic (exact) mass is 174 g/mol. The van der Waals surface area contributed by atoms with E-state index in [4.69, 9.17) is 0 Å². The van der Waals surface area contributed by atoms with Gasteiger partial charge in [0.25, 0.3) is 0 Å². The van der Waals surface area contributed by atoms with E-state index >= 15 is 0 Å². The summed E-state index contributed by atoms with van der Waals surface area (Å²) >= 11 is 4.42. The second kappa shape index (κ2) is 3.36. The summed E-state index contributed by atoms with van der Waals surface area (Å²) in [5.41, 5.74) is -0.478. The van der Waals surface area contributed by atoms with Gasteiger partial charge in [0.05, 0.1) is 5.60 Å². The highest BCUT2D eigenvalue weighted by Crippen LogP contribution is 2.33. The van der Waals surface area contributed by atoms with E-state index in [9.17, 15) is 5.11 Å². The van der Waals surface area contributed by atoms with Gasteiger partial charge in [-0.25, -0.2) is 0 Å². The molecular formula is C9H18OS.